The SMILES string of the molecule is C=CCOC(=O)N1CC(C2=C(C(=O)O)N3C(=O)[C@H]([C@@](C)(O[SiH](C)C)C(C)(C)C)[C@H]3C2)C1. The second kappa shape index (κ2) is 8.09. The van der Waals surface area contributed by atoms with Gasteiger partial charge in [-0.15, -0.1) is 0 Å². The minimum absolute atomic E-state index is 0.0808. The van der Waals surface area contributed by atoms with Gasteiger partial charge in [0, 0.05) is 19.0 Å². The fourth-order valence-electron chi connectivity index (χ4n) is 4.99. The quantitative estimate of drug-likeness (QED) is 0.364. The van der Waals surface area contributed by atoms with Crippen molar-refractivity contribution in [1.82, 2.24) is 9.80 Å². The van der Waals surface area contributed by atoms with Crippen molar-refractivity contribution in [2.45, 2.75) is 58.9 Å². The summed E-state index contributed by atoms with van der Waals surface area (Å²) in [6.07, 6.45) is 1.58. The number of amides is 2. The van der Waals surface area contributed by atoms with Crippen molar-refractivity contribution < 1.29 is 28.7 Å². The second-order valence-electron chi connectivity index (χ2n) is 10.1. The van der Waals surface area contributed by atoms with Gasteiger partial charge in [0.1, 0.15) is 12.3 Å². The fourth-order valence-corrected chi connectivity index (χ4v) is 6.47. The van der Waals surface area contributed by atoms with Crippen molar-refractivity contribution in [3.8, 4) is 0 Å². The van der Waals surface area contributed by atoms with Gasteiger partial charge in [-0.1, -0.05) is 33.4 Å². The van der Waals surface area contributed by atoms with Gasteiger partial charge in [0.15, 0.2) is 9.04 Å². The molecule has 0 radical (unpaired) electrons. The largest absolute Gasteiger partial charge is 0.477 e. The lowest BCUT2D eigenvalue weighted by Crippen LogP contribution is -2.70. The molecule has 3 heterocycles. The summed E-state index contributed by atoms with van der Waals surface area (Å²) in [5.41, 5.74) is -0.122. The van der Waals surface area contributed by atoms with Crippen LogP contribution in [0.25, 0.3) is 0 Å². The normalized spacial score (nSPS) is 25.7. The van der Waals surface area contributed by atoms with Gasteiger partial charge < -0.3 is 24.1 Å². The molecule has 0 spiro atoms. The van der Waals surface area contributed by atoms with E-state index in [-0.39, 0.29) is 41.5 Å². The van der Waals surface area contributed by atoms with Gasteiger partial charge in [-0.2, -0.15) is 0 Å². The number of aliphatic carboxylic acids is 1. The molecule has 2 saturated heterocycles. The first-order valence-electron chi connectivity index (χ1n) is 10.8. The highest BCUT2D eigenvalue weighted by molar-refractivity contribution is 6.48. The van der Waals surface area contributed by atoms with Crippen molar-refractivity contribution in [3.05, 3.63) is 23.9 Å². The Balaban J connectivity index is 1.81. The van der Waals surface area contributed by atoms with Crippen LogP contribution in [0.1, 0.15) is 34.1 Å². The third-order valence-corrected chi connectivity index (χ3v) is 7.88. The van der Waals surface area contributed by atoms with Crippen molar-refractivity contribution in [2.24, 2.45) is 17.3 Å². The summed E-state index contributed by atoms with van der Waals surface area (Å²) in [5.74, 6) is -1.73. The highest BCUT2D eigenvalue weighted by atomic mass is 28.3. The molecular weight excluding hydrogens is 416 g/mol. The van der Waals surface area contributed by atoms with Crippen molar-refractivity contribution in [3.63, 3.8) is 0 Å². The molecule has 0 aromatic carbocycles. The number of fused-ring (bicyclic) bond motifs is 1. The molecule has 0 unspecified atom stereocenters. The molecule has 9 heteroatoms. The smallest absolute Gasteiger partial charge is 0.410 e. The Labute approximate surface area is 185 Å². The molecule has 3 aliphatic heterocycles. The molecule has 0 aromatic rings. The van der Waals surface area contributed by atoms with Crippen molar-refractivity contribution in [2.75, 3.05) is 19.7 Å². The number of rotatable bonds is 7. The van der Waals surface area contributed by atoms with Crippen LogP contribution in [-0.2, 0) is 18.8 Å². The molecule has 3 rings (SSSR count). The van der Waals surface area contributed by atoms with Crippen LogP contribution < -0.4 is 0 Å². The van der Waals surface area contributed by atoms with Gasteiger partial charge >= 0.3 is 12.1 Å². The van der Waals surface area contributed by atoms with E-state index in [1.54, 1.807) is 4.90 Å². The lowest BCUT2D eigenvalue weighted by Gasteiger charge is -2.57. The number of carboxylic acids is 1. The number of ether oxygens (including phenoxy) is 1. The molecule has 31 heavy (non-hydrogen) atoms. The van der Waals surface area contributed by atoms with Gasteiger partial charge in [-0.3, -0.25) is 4.79 Å². The number of nitrogens with zero attached hydrogens (tertiary/aromatic N) is 2. The highest BCUT2D eigenvalue weighted by Crippen LogP contribution is 2.54. The monoisotopic (exact) mass is 450 g/mol. The van der Waals surface area contributed by atoms with E-state index >= 15 is 0 Å². The van der Waals surface area contributed by atoms with Gasteiger partial charge in [0.05, 0.1) is 17.6 Å². The Hall–Kier alpha value is -2.13. The Bertz CT molecular complexity index is 826. The summed E-state index contributed by atoms with van der Waals surface area (Å²) in [5, 5.41) is 9.89. The molecule has 0 bridgehead atoms. The number of carbonyl (C=O) groups excluding carboxylic acids is 2. The van der Waals surface area contributed by atoms with Crippen LogP contribution >= 0.6 is 0 Å². The van der Waals surface area contributed by atoms with E-state index in [9.17, 15) is 19.5 Å². The van der Waals surface area contributed by atoms with Crippen LogP contribution in [0.3, 0.4) is 0 Å². The summed E-state index contributed by atoms with van der Waals surface area (Å²) in [6, 6.07) is -0.215. The predicted octanol–water partition coefficient (Wildman–Crippen LogP) is 2.62. The standard InChI is InChI=1S/C22H34N2O6Si/c1-8-9-29-20(28)23-11-13(12-23)14-10-15-16(18(25)24(15)17(14)19(26)27)22(5,21(2,3)4)30-31(6)7/h8,13,15-16,31H,1,9-12H2,2-7H3,(H,26,27)/t15-,16-,22-/m1/s1. The zero-order valence-electron chi connectivity index (χ0n) is 19.3. The van der Waals surface area contributed by atoms with Gasteiger partial charge in [-0.05, 0) is 37.4 Å². The molecule has 1 N–H and O–H groups in total. The first-order valence-corrected chi connectivity index (χ1v) is 13.6. The molecule has 2 fully saturated rings. The van der Waals surface area contributed by atoms with E-state index in [1.807, 2.05) is 6.92 Å². The van der Waals surface area contributed by atoms with Crippen molar-refractivity contribution >= 4 is 27.0 Å². The molecule has 0 aromatic heterocycles. The number of hydrogen-bond acceptors (Lipinski definition) is 5. The lowest BCUT2D eigenvalue weighted by atomic mass is 9.63. The van der Waals surface area contributed by atoms with Gasteiger partial charge in [0.25, 0.3) is 0 Å². The van der Waals surface area contributed by atoms with Crippen LogP contribution in [0.5, 0.6) is 0 Å². The van der Waals surface area contributed by atoms with Crippen LogP contribution in [-0.4, -0.2) is 73.3 Å². The number of carboxylic acid groups (broad SMARTS) is 1. The topological polar surface area (TPSA) is 96.4 Å². The van der Waals surface area contributed by atoms with E-state index < -0.39 is 26.7 Å². The Morgan fingerprint density at radius 2 is 1.87 bits per heavy atom. The van der Waals surface area contributed by atoms with E-state index in [1.165, 1.54) is 11.0 Å². The first-order chi connectivity index (χ1) is 14.3. The molecule has 8 nitrogen and oxygen atoms in total. The maximum atomic E-state index is 13.3. The maximum absolute atomic E-state index is 13.3. The van der Waals surface area contributed by atoms with Gasteiger partial charge in [-0.25, -0.2) is 9.59 Å². The highest BCUT2D eigenvalue weighted by Gasteiger charge is 2.65. The first kappa shape index (κ1) is 23.5. The molecule has 3 aliphatic rings. The molecule has 2 amide bonds. The summed E-state index contributed by atoms with van der Waals surface area (Å²) in [4.78, 5) is 40.3. The number of β-lactam (4-membered cyclic amide) rings is 1. The Morgan fingerprint density at radius 1 is 1.26 bits per heavy atom. The van der Waals surface area contributed by atoms with E-state index in [2.05, 4.69) is 40.4 Å². The number of likely N-dealkylation sites (tertiary alicyclic amines) is 1. The second-order valence-corrected chi connectivity index (χ2v) is 12.5. The summed E-state index contributed by atoms with van der Waals surface area (Å²) >= 11 is 0. The predicted molar refractivity (Wildman–Crippen MR) is 118 cm³/mol. The van der Waals surface area contributed by atoms with Crippen molar-refractivity contribution in [1.29, 1.82) is 0 Å². The van der Waals surface area contributed by atoms with E-state index in [4.69, 9.17) is 9.16 Å². The average molecular weight is 451 g/mol. The number of hydrogen-bond donors (Lipinski definition) is 1. The molecule has 0 aliphatic carbocycles. The maximum Gasteiger partial charge on any atom is 0.410 e. The van der Waals surface area contributed by atoms with Gasteiger partial charge in [0.2, 0.25) is 5.91 Å². The molecule has 0 saturated carbocycles. The van der Waals surface area contributed by atoms with Crippen LogP contribution in [0.2, 0.25) is 13.1 Å². The Kier molecular flexibility index (Phi) is 6.14. The number of carbonyl (C=O) groups is 3. The van der Waals surface area contributed by atoms with Crippen LogP contribution in [0.15, 0.2) is 23.9 Å². The minimum Gasteiger partial charge on any atom is -0.477 e. The fraction of sp³-hybridized carbons (Fsp3) is 0.682. The molecule has 172 valence electrons. The molecular formula is C22H34N2O6Si. The van der Waals surface area contributed by atoms with Crippen LogP contribution in [0, 0.1) is 17.3 Å². The third-order valence-electron chi connectivity index (χ3n) is 6.92. The van der Waals surface area contributed by atoms with Crippen LogP contribution in [0.4, 0.5) is 4.79 Å². The zero-order valence-corrected chi connectivity index (χ0v) is 20.5. The minimum atomic E-state index is -1.46. The zero-order chi connectivity index (χ0) is 23.3. The van der Waals surface area contributed by atoms with E-state index in [0.29, 0.717) is 19.5 Å². The lowest BCUT2D eigenvalue weighted by molar-refractivity contribution is -0.180. The summed E-state index contributed by atoms with van der Waals surface area (Å²) in [6.45, 7) is 16.8. The summed E-state index contributed by atoms with van der Waals surface area (Å²) < 4.78 is 11.5. The Morgan fingerprint density at radius 3 is 2.35 bits per heavy atom. The van der Waals surface area contributed by atoms with E-state index in [0.717, 1.165) is 5.57 Å². The third kappa shape index (κ3) is 3.82. The molecule has 3 atom stereocenters. The average Bonchev–Trinajstić information content (AvgIpc) is 2.92. The summed E-state index contributed by atoms with van der Waals surface area (Å²) in [7, 11) is -1.46.